The zero-order chi connectivity index (χ0) is 19.8. The average molecular weight is 404 g/mol. The summed E-state index contributed by atoms with van der Waals surface area (Å²) in [7, 11) is 0. The Labute approximate surface area is 172 Å². The van der Waals surface area contributed by atoms with Crippen molar-refractivity contribution >= 4 is 11.3 Å². The summed E-state index contributed by atoms with van der Waals surface area (Å²) in [4.78, 5) is 6.84. The van der Waals surface area contributed by atoms with Crippen molar-refractivity contribution in [2.45, 2.75) is 51.7 Å². The molecule has 5 nitrogen and oxygen atoms in total. The summed E-state index contributed by atoms with van der Waals surface area (Å²) in [6, 6.07) is 8.67. The molecule has 0 radical (unpaired) electrons. The van der Waals surface area contributed by atoms with Gasteiger partial charge in [-0.25, -0.2) is 4.98 Å². The third-order valence-corrected chi connectivity index (χ3v) is 6.02. The lowest BCUT2D eigenvalue weighted by Gasteiger charge is -2.26. The summed E-state index contributed by atoms with van der Waals surface area (Å²) < 4.78 is 5.90. The van der Waals surface area contributed by atoms with Gasteiger partial charge in [0, 0.05) is 24.5 Å². The van der Waals surface area contributed by atoms with Crippen LogP contribution >= 0.6 is 11.3 Å². The first kappa shape index (κ1) is 21.2. The Balaban J connectivity index is 1.35. The van der Waals surface area contributed by atoms with Crippen molar-refractivity contribution in [2.24, 2.45) is 0 Å². The van der Waals surface area contributed by atoms with Crippen molar-refractivity contribution in [1.29, 1.82) is 0 Å². The number of thiazole rings is 1. The van der Waals surface area contributed by atoms with Gasteiger partial charge in [-0.1, -0.05) is 18.6 Å². The quantitative estimate of drug-likeness (QED) is 0.635. The zero-order valence-corrected chi connectivity index (χ0v) is 17.9. The van der Waals surface area contributed by atoms with E-state index in [4.69, 9.17) is 4.74 Å². The van der Waals surface area contributed by atoms with E-state index in [1.54, 1.807) is 11.3 Å². The fourth-order valence-corrected chi connectivity index (χ4v) is 4.23. The van der Waals surface area contributed by atoms with Crippen molar-refractivity contribution in [3.63, 3.8) is 0 Å². The SMILES string of the molecule is Cc1nc(C(O)CNC(C)Cc2ccc(OCCN3CCCCC3)cc2)cs1. The molecule has 2 aromatic rings. The Morgan fingerprint density at radius 2 is 1.96 bits per heavy atom. The Hall–Kier alpha value is -1.47. The van der Waals surface area contributed by atoms with E-state index in [1.165, 1.54) is 37.9 Å². The number of aliphatic hydroxyl groups excluding tert-OH is 1. The minimum Gasteiger partial charge on any atom is -0.492 e. The molecule has 2 unspecified atom stereocenters. The van der Waals surface area contributed by atoms with Crippen LogP contribution in [0.1, 0.15) is 48.6 Å². The Kier molecular flexibility index (Phi) is 8.27. The maximum Gasteiger partial charge on any atom is 0.119 e. The number of hydrogen-bond donors (Lipinski definition) is 2. The number of rotatable bonds is 10. The maximum atomic E-state index is 10.2. The maximum absolute atomic E-state index is 10.2. The van der Waals surface area contributed by atoms with Crippen molar-refractivity contribution in [1.82, 2.24) is 15.2 Å². The first-order chi connectivity index (χ1) is 13.6. The highest BCUT2D eigenvalue weighted by Gasteiger charge is 2.13. The van der Waals surface area contributed by atoms with Crippen molar-refractivity contribution in [3.05, 3.63) is 45.9 Å². The molecule has 1 aromatic carbocycles. The minimum absolute atomic E-state index is 0.278. The second kappa shape index (κ2) is 10.9. The van der Waals surface area contributed by atoms with Gasteiger partial charge in [0.1, 0.15) is 18.5 Å². The van der Waals surface area contributed by atoms with E-state index in [0.29, 0.717) is 6.54 Å². The summed E-state index contributed by atoms with van der Waals surface area (Å²) in [5, 5.41) is 16.5. The van der Waals surface area contributed by atoms with E-state index in [0.717, 1.165) is 36.0 Å². The number of ether oxygens (including phenoxy) is 1. The number of nitrogens with zero attached hydrogens (tertiary/aromatic N) is 2. The van der Waals surface area contributed by atoms with E-state index >= 15 is 0 Å². The molecule has 6 heteroatoms. The molecule has 1 aromatic heterocycles. The third kappa shape index (κ3) is 6.85. The highest BCUT2D eigenvalue weighted by atomic mass is 32.1. The standard InChI is InChI=1S/C22H33N3O2S/c1-17(23-15-22(26)21-16-28-18(2)24-21)14-19-6-8-20(9-7-19)27-13-12-25-10-4-3-5-11-25/h6-9,16-17,22-23,26H,3-5,10-15H2,1-2H3. The zero-order valence-electron chi connectivity index (χ0n) is 17.1. The van der Waals surface area contributed by atoms with E-state index in [2.05, 4.69) is 46.4 Å². The number of nitrogens with one attached hydrogen (secondary N) is 1. The van der Waals surface area contributed by atoms with E-state index in [1.807, 2.05) is 12.3 Å². The van der Waals surface area contributed by atoms with Crippen molar-refractivity contribution < 1.29 is 9.84 Å². The topological polar surface area (TPSA) is 57.6 Å². The molecule has 1 aliphatic rings. The van der Waals surface area contributed by atoms with Gasteiger partial charge >= 0.3 is 0 Å². The molecular weight excluding hydrogens is 370 g/mol. The summed E-state index contributed by atoms with van der Waals surface area (Å²) in [6.45, 7) is 8.81. The van der Waals surface area contributed by atoms with Crippen molar-refractivity contribution in [3.8, 4) is 5.75 Å². The Morgan fingerprint density at radius 1 is 1.21 bits per heavy atom. The molecular formula is C22H33N3O2S. The Morgan fingerprint density at radius 3 is 2.64 bits per heavy atom. The molecule has 2 heterocycles. The van der Waals surface area contributed by atoms with Crippen LogP contribution in [0.5, 0.6) is 5.75 Å². The first-order valence-corrected chi connectivity index (χ1v) is 11.3. The van der Waals surface area contributed by atoms with Gasteiger partial charge in [-0.05, 0) is 63.9 Å². The third-order valence-electron chi connectivity index (χ3n) is 5.23. The van der Waals surface area contributed by atoms with Crippen LogP contribution in [0.4, 0.5) is 0 Å². The largest absolute Gasteiger partial charge is 0.492 e. The van der Waals surface area contributed by atoms with Gasteiger partial charge in [0.25, 0.3) is 0 Å². The summed E-state index contributed by atoms with van der Waals surface area (Å²) in [6.07, 6.45) is 4.37. The van der Waals surface area contributed by atoms with Gasteiger partial charge in [0.05, 0.1) is 10.7 Å². The van der Waals surface area contributed by atoms with Crippen LogP contribution in [0, 0.1) is 6.92 Å². The summed E-state index contributed by atoms with van der Waals surface area (Å²) in [5.74, 6) is 0.940. The fraction of sp³-hybridized carbons (Fsp3) is 0.591. The number of piperidine rings is 1. The number of aryl methyl sites for hydroxylation is 1. The molecule has 28 heavy (non-hydrogen) atoms. The van der Waals surface area contributed by atoms with Crippen LogP contribution in [0.3, 0.4) is 0 Å². The van der Waals surface area contributed by atoms with Gasteiger partial charge in [-0.2, -0.15) is 0 Å². The second-order valence-corrected chi connectivity index (χ2v) is 8.78. The molecule has 0 saturated carbocycles. The number of aromatic nitrogens is 1. The molecule has 0 aliphatic carbocycles. The van der Waals surface area contributed by atoms with Crippen LogP contribution in [-0.2, 0) is 6.42 Å². The van der Waals surface area contributed by atoms with E-state index < -0.39 is 6.10 Å². The minimum atomic E-state index is -0.553. The van der Waals surface area contributed by atoms with Gasteiger partial charge in [-0.15, -0.1) is 11.3 Å². The molecule has 0 spiro atoms. The van der Waals surface area contributed by atoms with Gasteiger partial charge < -0.3 is 15.2 Å². The van der Waals surface area contributed by atoms with Crippen LogP contribution in [0.2, 0.25) is 0 Å². The molecule has 0 bridgehead atoms. The second-order valence-electron chi connectivity index (χ2n) is 7.72. The summed E-state index contributed by atoms with van der Waals surface area (Å²) >= 11 is 1.57. The Bertz CT molecular complexity index is 698. The number of benzene rings is 1. The lowest BCUT2D eigenvalue weighted by Crippen LogP contribution is -2.33. The first-order valence-electron chi connectivity index (χ1n) is 10.4. The normalized spacial score (nSPS) is 17.4. The number of aliphatic hydroxyl groups is 1. The smallest absolute Gasteiger partial charge is 0.119 e. The predicted molar refractivity (Wildman–Crippen MR) is 115 cm³/mol. The van der Waals surface area contributed by atoms with Gasteiger partial charge in [-0.3, -0.25) is 4.90 Å². The molecule has 2 atom stereocenters. The lowest BCUT2D eigenvalue weighted by atomic mass is 10.1. The fourth-order valence-electron chi connectivity index (χ4n) is 3.57. The van der Waals surface area contributed by atoms with Crippen LogP contribution in [0.25, 0.3) is 0 Å². The predicted octanol–water partition coefficient (Wildman–Crippen LogP) is 3.57. The number of likely N-dealkylation sites (tertiary alicyclic amines) is 1. The molecule has 0 amide bonds. The molecule has 1 fully saturated rings. The van der Waals surface area contributed by atoms with E-state index in [-0.39, 0.29) is 6.04 Å². The van der Waals surface area contributed by atoms with Gasteiger partial charge in [0.15, 0.2) is 0 Å². The molecule has 2 N–H and O–H groups in total. The van der Waals surface area contributed by atoms with Gasteiger partial charge in [0.2, 0.25) is 0 Å². The van der Waals surface area contributed by atoms with Crippen LogP contribution in [0.15, 0.2) is 29.6 Å². The van der Waals surface area contributed by atoms with Crippen molar-refractivity contribution in [2.75, 3.05) is 32.8 Å². The average Bonchev–Trinajstić information content (AvgIpc) is 3.15. The summed E-state index contributed by atoms with van der Waals surface area (Å²) in [5.41, 5.74) is 2.02. The molecule has 1 aliphatic heterocycles. The van der Waals surface area contributed by atoms with Crippen LogP contribution < -0.4 is 10.1 Å². The molecule has 3 rings (SSSR count). The molecule has 1 saturated heterocycles. The number of hydrogen-bond acceptors (Lipinski definition) is 6. The van der Waals surface area contributed by atoms with Crippen LogP contribution in [-0.4, -0.2) is 53.8 Å². The highest BCUT2D eigenvalue weighted by Crippen LogP contribution is 2.17. The monoisotopic (exact) mass is 403 g/mol. The van der Waals surface area contributed by atoms with E-state index in [9.17, 15) is 5.11 Å². The molecule has 154 valence electrons. The highest BCUT2D eigenvalue weighted by molar-refractivity contribution is 7.09. The lowest BCUT2D eigenvalue weighted by molar-refractivity contribution is 0.166.